The Morgan fingerprint density at radius 3 is 1.95 bits per heavy atom. The van der Waals surface area contributed by atoms with Gasteiger partial charge in [-0.05, 0) is 12.1 Å². The number of quaternary nitrogens is 1. The maximum Gasteiger partial charge on any atom is 0.339 e. The van der Waals surface area contributed by atoms with Gasteiger partial charge in [0.05, 0.1) is 19.8 Å². The molecule has 0 aromatic heterocycles. The fourth-order valence-corrected chi connectivity index (χ4v) is 1.95. The molecule has 0 aliphatic carbocycles. The zero-order chi connectivity index (χ0) is 15.0. The molecular formula is C13H20NO6+. The van der Waals surface area contributed by atoms with Crippen molar-refractivity contribution in [2.24, 2.45) is 0 Å². The molecule has 1 rings (SSSR count). The number of benzene rings is 1. The Labute approximate surface area is 116 Å². The van der Waals surface area contributed by atoms with Crippen LogP contribution in [0.4, 0.5) is 0 Å². The van der Waals surface area contributed by atoms with Gasteiger partial charge in [0.15, 0.2) is 0 Å². The van der Waals surface area contributed by atoms with E-state index in [4.69, 9.17) is 25.3 Å². The van der Waals surface area contributed by atoms with Crippen LogP contribution < -0.4 is 4.84 Å². The van der Waals surface area contributed by atoms with Crippen molar-refractivity contribution in [3.8, 4) is 5.75 Å². The van der Waals surface area contributed by atoms with Crippen molar-refractivity contribution in [2.75, 3.05) is 39.5 Å². The molecule has 0 bridgehead atoms. The van der Waals surface area contributed by atoms with Gasteiger partial charge >= 0.3 is 5.97 Å². The molecule has 112 valence electrons. The van der Waals surface area contributed by atoms with E-state index in [1.54, 1.807) is 12.1 Å². The fourth-order valence-electron chi connectivity index (χ4n) is 1.95. The molecule has 0 spiro atoms. The standard InChI is InChI=1S/C13H19NO6/c15-8-5-14(6-9-16,7-10-17)20-12-4-2-1-3-11(12)13(18)19/h1-4,15-17H,5-10H2/p+1. The number of para-hydroxylation sites is 1. The number of carboxylic acids is 1. The van der Waals surface area contributed by atoms with Crippen molar-refractivity contribution in [2.45, 2.75) is 0 Å². The van der Waals surface area contributed by atoms with Gasteiger partial charge in [0.2, 0.25) is 5.75 Å². The van der Waals surface area contributed by atoms with Gasteiger partial charge in [-0.1, -0.05) is 12.1 Å². The first-order valence-electron chi connectivity index (χ1n) is 6.29. The predicted octanol–water partition coefficient (Wildman–Crippen LogP) is -0.528. The first kappa shape index (κ1) is 16.4. The molecule has 0 saturated carbocycles. The van der Waals surface area contributed by atoms with Crippen molar-refractivity contribution in [3.05, 3.63) is 29.8 Å². The molecule has 0 fully saturated rings. The van der Waals surface area contributed by atoms with Crippen LogP contribution in [-0.2, 0) is 0 Å². The Hall–Kier alpha value is -1.67. The molecule has 7 nitrogen and oxygen atoms in total. The summed E-state index contributed by atoms with van der Waals surface area (Å²) in [6.45, 7) is -0.237. The largest absolute Gasteiger partial charge is 0.478 e. The molecular weight excluding hydrogens is 266 g/mol. The number of hydrogen-bond acceptors (Lipinski definition) is 5. The predicted molar refractivity (Wildman–Crippen MR) is 70.1 cm³/mol. The highest BCUT2D eigenvalue weighted by molar-refractivity contribution is 5.90. The highest BCUT2D eigenvalue weighted by Crippen LogP contribution is 2.22. The molecule has 20 heavy (non-hydrogen) atoms. The third-order valence-corrected chi connectivity index (χ3v) is 2.93. The van der Waals surface area contributed by atoms with Crippen LogP contribution in [0.15, 0.2) is 24.3 Å². The van der Waals surface area contributed by atoms with E-state index in [0.717, 1.165) is 0 Å². The summed E-state index contributed by atoms with van der Waals surface area (Å²) >= 11 is 0. The summed E-state index contributed by atoms with van der Waals surface area (Å²) in [6, 6.07) is 6.12. The van der Waals surface area contributed by atoms with Gasteiger partial charge < -0.3 is 25.3 Å². The van der Waals surface area contributed by atoms with Crippen LogP contribution in [0.2, 0.25) is 0 Å². The molecule has 0 aliphatic rings. The topological polar surface area (TPSA) is 107 Å². The van der Waals surface area contributed by atoms with Gasteiger partial charge in [0.1, 0.15) is 25.2 Å². The van der Waals surface area contributed by atoms with Crippen LogP contribution in [0.5, 0.6) is 5.75 Å². The molecule has 7 heteroatoms. The monoisotopic (exact) mass is 286 g/mol. The molecule has 0 atom stereocenters. The molecule has 1 aromatic rings. The smallest absolute Gasteiger partial charge is 0.339 e. The van der Waals surface area contributed by atoms with Crippen molar-refractivity contribution < 1.29 is 34.7 Å². The number of hydrogen-bond donors (Lipinski definition) is 4. The highest BCUT2D eigenvalue weighted by Gasteiger charge is 2.31. The minimum absolute atomic E-state index is 0.0104. The molecule has 0 unspecified atom stereocenters. The second-order valence-corrected chi connectivity index (χ2v) is 4.29. The minimum atomic E-state index is -1.13. The van der Waals surface area contributed by atoms with E-state index in [2.05, 4.69) is 0 Å². The Morgan fingerprint density at radius 2 is 1.50 bits per heavy atom. The number of carbonyl (C=O) groups is 1. The van der Waals surface area contributed by atoms with Gasteiger partial charge in [-0.3, -0.25) is 0 Å². The second kappa shape index (κ2) is 7.81. The lowest BCUT2D eigenvalue weighted by Crippen LogP contribution is -2.56. The van der Waals surface area contributed by atoms with Crippen molar-refractivity contribution in [1.29, 1.82) is 0 Å². The fraction of sp³-hybridized carbons (Fsp3) is 0.462. The molecule has 0 amide bonds. The summed E-state index contributed by atoms with van der Waals surface area (Å²) < 4.78 is -0.242. The molecule has 1 aromatic carbocycles. The number of rotatable bonds is 9. The number of hydroxylamine groups is 3. The van der Waals surface area contributed by atoms with Crippen molar-refractivity contribution in [3.63, 3.8) is 0 Å². The Morgan fingerprint density at radius 1 is 1.00 bits per heavy atom. The lowest BCUT2D eigenvalue weighted by atomic mass is 10.2. The summed E-state index contributed by atoms with van der Waals surface area (Å²) in [6.07, 6.45) is 0. The highest BCUT2D eigenvalue weighted by atomic mass is 16.7. The molecule has 4 N–H and O–H groups in total. The Bertz CT molecular complexity index is 420. The number of nitrogens with zero attached hydrogens (tertiary/aromatic N) is 1. The van der Waals surface area contributed by atoms with Crippen molar-refractivity contribution in [1.82, 2.24) is 0 Å². The van der Waals surface area contributed by atoms with Crippen LogP contribution >= 0.6 is 0 Å². The van der Waals surface area contributed by atoms with E-state index in [0.29, 0.717) is 0 Å². The minimum Gasteiger partial charge on any atom is -0.478 e. The van der Waals surface area contributed by atoms with Gasteiger partial charge in [-0.25, -0.2) is 4.79 Å². The summed E-state index contributed by atoms with van der Waals surface area (Å²) in [5.41, 5.74) is -0.0104. The van der Waals surface area contributed by atoms with Crippen LogP contribution in [0, 0.1) is 0 Å². The second-order valence-electron chi connectivity index (χ2n) is 4.29. The normalized spacial score (nSPS) is 11.3. The van der Waals surface area contributed by atoms with Crippen LogP contribution in [0.3, 0.4) is 0 Å². The van der Waals surface area contributed by atoms with Gasteiger partial charge in [-0.15, -0.1) is 4.65 Å². The third kappa shape index (κ3) is 4.17. The van der Waals surface area contributed by atoms with E-state index in [9.17, 15) is 4.79 Å². The van der Waals surface area contributed by atoms with Gasteiger partial charge in [0, 0.05) is 0 Å². The summed E-state index contributed by atoms with van der Waals surface area (Å²) in [7, 11) is 0. The third-order valence-electron chi connectivity index (χ3n) is 2.93. The van der Waals surface area contributed by atoms with E-state index in [-0.39, 0.29) is 55.4 Å². The summed E-state index contributed by atoms with van der Waals surface area (Å²) in [5.74, 6) is -0.994. The van der Waals surface area contributed by atoms with Crippen LogP contribution in [0.25, 0.3) is 0 Å². The van der Waals surface area contributed by atoms with E-state index >= 15 is 0 Å². The number of aliphatic hydroxyl groups excluding tert-OH is 3. The molecule has 0 saturated heterocycles. The molecule has 0 heterocycles. The first-order valence-corrected chi connectivity index (χ1v) is 6.29. The van der Waals surface area contributed by atoms with Crippen LogP contribution in [0.1, 0.15) is 10.4 Å². The lowest BCUT2D eigenvalue weighted by molar-refractivity contribution is -1.08. The van der Waals surface area contributed by atoms with Gasteiger partial charge in [-0.2, -0.15) is 0 Å². The Kier molecular flexibility index (Phi) is 6.40. The Balaban J connectivity index is 3.07. The summed E-state index contributed by atoms with van der Waals surface area (Å²) in [5, 5.41) is 36.5. The van der Waals surface area contributed by atoms with E-state index in [1.165, 1.54) is 12.1 Å². The number of aliphatic hydroxyl groups is 3. The lowest BCUT2D eigenvalue weighted by Gasteiger charge is -2.34. The van der Waals surface area contributed by atoms with E-state index in [1.807, 2.05) is 0 Å². The number of aromatic carboxylic acids is 1. The maximum atomic E-state index is 11.1. The maximum absolute atomic E-state index is 11.1. The van der Waals surface area contributed by atoms with Crippen LogP contribution in [-0.4, -0.2) is 70.5 Å². The molecule has 0 aliphatic heterocycles. The SMILES string of the molecule is O=C(O)c1ccccc1O[N+](CCO)(CCO)CCO. The quantitative estimate of drug-likeness (QED) is 0.359. The van der Waals surface area contributed by atoms with Gasteiger partial charge in [0.25, 0.3) is 0 Å². The first-order chi connectivity index (χ1) is 9.58. The molecule has 0 radical (unpaired) electrons. The summed E-state index contributed by atoms with van der Waals surface area (Å²) in [4.78, 5) is 16.8. The zero-order valence-corrected chi connectivity index (χ0v) is 11.1. The number of carboxylic acid groups (broad SMARTS) is 1. The van der Waals surface area contributed by atoms with Crippen molar-refractivity contribution >= 4 is 5.97 Å². The average molecular weight is 286 g/mol. The zero-order valence-electron chi connectivity index (χ0n) is 11.1. The van der Waals surface area contributed by atoms with E-state index < -0.39 is 5.97 Å². The average Bonchev–Trinajstić information content (AvgIpc) is 2.40.